The van der Waals surface area contributed by atoms with Gasteiger partial charge >= 0.3 is 0 Å². The summed E-state index contributed by atoms with van der Waals surface area (Å²) in [6.07, 6.45) is 6.35. The predicted octanol–water partition coefficient (Wildman–Crippen LogP) is 4.95. The molecule has 0 radical (unpaired) electrons. The van der Waals surface area contributed by atoms with Crippen LogP contribution in [0.5, 0.6) is 5.75 Å². The summed E-state index contributed by atoms with van der Waals surface area (Å²) in [5.74, 6) is 1.18. The van der Waals surface area contributed by atoms with Crippen LogP contribution >= 0.6 is 0 Å². The molecule has 1 aliphatic heterocycles. The number of methoxy groups -OCH3 is 1. The number of hydrogen-bond donors (Lipinski definition) is 1. The summed E-state index contributed by atoms with van der Waals surface area (Å²) < 4.78 is 24.0. The maximum absolute atomic E-state index is 13.3. The molecule has 0 amide bonds. The van der Waals surface area contributed by atoms with Crippen molar-refractivity contribution in [2.45, 2.75) is 25.7 Å². The zero-order chi connectivity index (χ0) is 20.5. The van der Waals surface area contributed by atoms with Crippen LogP contribution in [0.3, 0.4) is 0 Å². The van der Waals surface area contributed by atoms with Gasteiger partial charge in [0.2, 0.25) is 0 Å². The lowest BCUT2D eigenvalue weighted by molar-refractivity contribution is 0.318. The highest BCUT2D eigenvalue weighted by atomic mass is 19.1. The summed E-state index contributed by atoms with van der Waals surface area (Å²) in [7, 11) is 1.71. The van der Waals surface area contributed by atoms with Crippen molar-refractivity contribution in [2.75, 3.05) is 26.7 Å². The number of rotatable bonds is 7. The normalized spacial score (nSPS) is 17.3. The Morgan fingerprint density at radius 2 is 2.17 bits per heavy atom. The second kappa shape index (κ2) is 8.11. The summed E-state index contributed by atoms with van der Waals surface area (Å²) in [4.78, 5) is 5.90. The largest absolute Gasteiger partial charge is 0.497 e. The average molecular weight is 407 g/mol. The van der Waals surface area contributed by atoms with Gasteiger partial charge in [-0.15, -0.1) is 0 Å². The van der Waals surface area contributed by atoms with Gasteiger partial charge in [-0.3, -0.25) is 0 Å². The topological polar surface area (TPSA) is 54.3 Å². The lowest BCUT2D eigenvalue weighted by Crippen LogP contribution is -2.22. The lowest BCUT2D eigenvalue weighted by Gasteiger charge is -2.15. The smallest absolute Gasteiger partial charge is 0.170 e. The molecule has 5 nitrogen and oxygen atoms in total. The van der Waals surface area contributed by atoms with E-state index in [4.69, 9.17) is 9.26 Å². The van der Waals surface area contributed by atoms with Crippen LogP contribution in [-0.4, -0.2) is 41.8 Å². The third-order valence-electron chi connectivity index (χ3n) is 6.26. The van der Waals surface area contributed by atoms with Crippen molar-refractivity contribution in [3.05, 3.63) is 59.7 Å². The number of fused-ring (bicyclic) bond motifs is 2. The Bertz CT molecular complexity index is 1170. The zero-order valence-electron chi connectivity index (χ0n) is 17.2. The number of benzene rings is 2. The summed E-state index contributed by atoms with van der Waals surface area (Å²) in [5.41, 5.74) is 3.99. The van der Waals surface area contributed by atoms with Crippen molar-refractivity contribution >= 4 is 21.9 Å². The molecule has 4 aromatic rings. The van der Waals surface area contributed by atoms with Crippen LogP contribution in [0.4, 0.5) is 4.39 Å². The van der Waals surface area contributed by atoms with Crippen LogP contribution in [0.1, 0.15) is 24.1 Å². The molecule has 2 aromatic heterocycles. The lowest BCUT2D eigenvalue weighted by atomic mass is 10.0. The first kappa shape index (κ1) is 19.1. The van der Waals surface area contributed by atoms with Gasteiger partial charge in [-0.25, -0.2) is 4.39 Å². The molecule has 0 bridgehead atoms. The fourth-order valence-electron chi connectivity index (χ4n) is 4.65. The number of aryl methyl sites for hydroxylation is 1. The molecule has 6 heteroatoms. The monoisotopic (exact) mass is 407 g/mol. The molecule has 0 spiro atoms. The summed E-state index contributed by atoms with van der Waals surface area (Å²) in [5, 5.41) is 6.38. The van der Waals surface area contributed by atoms with Gasteiger partial charge in [0.25, 0.3) is 0 Å². The molecule has 3 heterocycles. The third kappa shape index (κ3) is 3.79. The van der Waals surface area contributed by atoms with E-state index in [2.05, 4.69) is 33.4 Å². The molecule has 0 saturated carbocycles. The van der Waals surface area contributed by atoms with Crippen LogP contribution in [0, 0.1) is 11.7 Å². The van der Waals surface area contributed by atoms with Crippen LogP contribution in [-0.2, 0) is 12.8 Å². The van der Waals surface area contributed by atoms with E-state index in [-0.39, 0.29) is 5.82 Å². The Labute approximate surface area is 174 Å². The summed E-state index contributed by atoms with van der Waals surface area (Å²) in [6, 6.07) is 10.8. The minimum absolute atomic E-state index is 0.286. The van der Waals surface area contributed by atoms with E-state index in [1.54, 1.807) is 13.2 Å². The zero-order valence-corrected chi connectivity index (χ0v) is 17.2. The number of H-pyrrole nitrogens is 1. The van der Waals surface area contributed by atoms with Gasteiger partial charge in [-0.05, 0) is 80.6 Å². The first-order valence-corrected chi connectivity index (χ1v) is 10.6. The average Bonchev–Trinajstić information content (AvgIpc) is 3.47. The SMILES string of the molecule is COc1ccc2[nH]cc(CCCN3CCC(Cc4noc5cc(F)ccc45)C3)c2c1. The number of hydrogen-bond acceptors (Lipinski definition) is 4. The van der Waals surface area contributed by atoms with E-state index in [0.717, 1.165) is 61.2 Å². The second-order valence-corrected chi connectivity index (χ2v) is 8.26. The van der Waals surface area contributed by atoms with Gasteiger partial charge < -0.3 is 19.1 Å². The first-order valence-electron chi connectivity index (χ1n) is 10.6. The van der Waals surface area contributed by atoms with Crippen molar-refractivity contribution in [3.63, 3.8) is 0 Å². The number of likely N-dealkylation sites (tertiary alicyclic amines) is 1. The van der Waals surface area contributed by atoms with Gasteiger partial charge in [0.15, 0.2) is 5.58 Å². The summed E-state index contributed by atoms with van der Waals surface area (Å²) in [6.45, 7) is 3.30. The van der Waals surface area contributed by atoms with E-state index in [1.165, 1.54) is 29.5 Å². The van der Waals surface area contributed by atoms with Crippen LogP contribution < -0.4 is 4.74 Å². The standard InChI is InChI=1S/C24H26FN3O2/c1-29-19-5-7-22-21(13-19)17(14-26-22)3-2-9-28-10-8-16(15-28)11-23-20-6-4-18(25)12-24(20)30-27-23/h4-7,12-14,16,26H,2-3,8-11,15H2,1H3. The fourth-order valence-corrected chi connectivity index (χ4v) is 4.65. The minimum atomic E-state index is -0.286. The minimum Gasteiger partial charge on any atom is -0.497 e. The van der Waals surface area contributed by atoms with Gasteiger partial charge in [0, 0.05) is 35.1 Å². The Hall–Kier alpha value is -2.86. The van der Waals surface area contributed by atoms with E-state index in [0.29, 0.717) is 11.5 Å². The van der Waals surface area contributed by atoms with Gasteiger partial charge in [-0.1, -0.05) is 5.16 Å². The van der Waals surface area contributed by atoms with Crippen molar-refractivity contribution < 1.29 is 13.7 Å². The maximum atomic E-state index is 13.3. The predicted molar refractivity (Wildman–Crippen MR) is 115 cm³/mol. The molecule has 5 rings (SSSR count). The van der Waals surface area contributed by atoms with Gasteiger partial charge in [0.05, 0.1) is 12.8 Å². The quantitative estimate of drug-likeness (QED) is 0.471. The van der Waals surface area contributed by atoms with Gasteiger partial charge in [-0.2, -0.15) is 0 Å². The van der Waals surface area contributed by atoms with Crippen molar-refractivity contribution in [3.8, 4) is 5.75 Å². The molecule has 1 saturated heterocycles. The van der Waals surface area contributed by atoms with E-state index < -0.39 is 0 Å². The van der Waals surface area contributed by atoms with E-state index in [1.807, 2.05) is 6.07 Å². The highest BCUT2D eigenvalue weighted by Crippen LogP contribution is 2.27. The number of nitrogens with zero attached hydrogens (tertiary/aromatic N) is 2. The molecule has 30 heavy (non-hydrogen) atoms. The van der Waals surface area contributed by atoms with Crippen LogP contribution in [0.15, 0.2) is 47.1 Å². The fraction of sp³-hybridized carbons (Fsp3) is 0.375. The van der Waals surface area contributed by atoms with E-state index in [9.17, 15) is 4.39 Å². The maximum Gasteiger partial charge on any atom is 0.170 e. The van der Waals surface area contributed by atoms with E-state index >= 15 is 0 Å². The Kier molecular flexibility index (Phi) is 5.17. The molecular weight excluding hydrogens is 381 g/mol. The number of aromatic nitrogens is 2. The second-order valence-electron chi connectivity index (χ2n) is 8.26. The highest BCUT2D eigenvalue weighted by Gasteiger charge is 2.24. The molecule has 156 valence electrons. The Morgan fingerprint density at radius 3 is 3.07 bits per heavy atom. The molecule has 1 unspecified atom stereocenters. The first-order chi connectivity index (χ1) is 14.7. The molecule has 0 aliphatic carbocycles. The molecular formula is C24H26FN3O2. The van der Waals surface area contributed by atoms with Gasteiger partial charge in [0.1, 0.15) is 11.6 Å². The Morgan fingerprint density at radius 1 is 1.23 bits per heavy atom. The van der Waals surface area contributed by atoms with Crippen molar-refractivity contribution in [1.29, 1.82) is 0 Å². The van der Waals surface area contributed by atoms with Crippen LogP contribution in [0.2, 0.25) is 0 Å². The number of ether oxygens (including phenoxy) is 1. The molecule has 2 aromatic carbocycles. The number of halogens is 1. The number of aromatic amines is 1. The third-order valence-corrected chi connectivity index (χ3v) is 6.26. The molecule has 1 aliphatic rings. The summed E-state index contributed by atoms with van der Waals surface area (Å²) >= 11 is 0. The highest BCUT2D eigenvalue weighted by molar-refractivity contribution is 5.84. The molecule has 1 fully saturated rings. The molecule has 1 atom stereocenters. The Balaban J connectivity index is 1.15. The van der Waals surface area contributed by atoms with Crippen molar-refractivity contribution in [1.82, 2.24) is 15.0 Å². The van der Waals surface area contributed by atoms with Crippen LogP contribution in [0.25, 0.3) is 21.9 Å². The van der Waals surface area contributed by atoms with Crippen molar-refractivity contribution in [2.24, 2.45) is 5.92 Å². The number of nitrogens with one attached hydrogen (secondary N) is 1. The molecule has 1 N–H and O–H groups in total.